The molecular weight excluding hydrogens is 344 g/mol. The van der Waals surface area contributed by atoms with E-state index in [1.807, 2.05) is 30.3 Å². The van der Waals surface area contributed by atoms with Crippen LogP contribution in [0.25, 0.3) is 5.69 Å². The van der Waals surface area contributed by atoms with Crippen LogP contribution < -0.4 is 4.90 Å². The maximum Gasteiger partial charge on any atom is 0.269 e. The number of hydrogen-bond acceptors (Lipinski definition) is 4. The number of nitro benzene ring substituents is 1. The molecular formula is C20H20N4O3. The first kappa shape index (κ1) is 18.3. The Morgan fingerprint density at radius 3 is 2.48 bits per heavy atom. The Morgan fingerprint density at radius 1 is 1.15 bits per heavy atom. The second-order valence-electron chi connectivity index (χ2n) is 6.09. The quantitative estimate of drug-likeness (QED) is 0.464. The van der Waals surface area contributed by atoms with E-state index in [4.69, 9.17) is 0 Å². The summed E-state index contributed by atoms with van der Waals surface area (Å²) in [6.07, 6.45) is 5.05. The van der Waals surface area contributed by atoms with E-state index in [1.165, 1.54) is 18.3 Å². The molecule has 3 rings (SSSR count). The van der Waals surface area contributed by atoms with Crippen LogP contribution in [-0.4, -0.2) is 27.2 Å². The first-order chi connectivity index (χ1) is 13.1. The van der Waals surface area contributed by atoms with Gasteiger partial charge in [-0.1, -0.05) is 31.5 Å². The summed E-state index contributed by atoms with van der Waals surface area (Å²) in [4.78, 5) is 25.1. The molecule has 1 heterocycles. The second kappa shape index (κ2) is 8.27. The summed E-state index contributed by atoms with van der Waals surface area (Å²) < 4.78 is 1.54. The molecule has 27 heavy (non-hydrogen) atoms. The van der Waals surface area contributed by atoms with Crippen molar-refractivity contribution >= 4 is 17.3 Å². The minimum atomic E-state index is -0.451. The van der Waals surface area contributed by atoms with Crippen LogP contribution in [0.1, 0.15) is 30.1 Å². The van der Waals surface area contributed by atoms with Gasteiger partial charge in [0.25, 0.3) is 11.6 Å². The topological polar surface area (TPSA) is 81.3 Å². The number of benzene rings is 2. The van der Waals surface area contributed by atoms with E-state index < -0.39 is 4.92 Å². The fourth-order valence-electron chi connectivity index (χ4n) is 2.73. The number of nitrogens with zero attached hydrogens (tertiary/aromatic N) is 4. The summed E-state index contributed by atoms with van der Waals surface area (Å²) in [7, 11) is 0. The predicted octanol–water partition coefficient (Wildman–Crippen LogP) is 4.23. The second-order valence-corrected chi connectivity index (χ2v) is 6.09. The molecule has 0 bridgehead atoms. The number of hydrogen-bond donors (Lipinski definition) is 0. The van der Waals surface area contributed by atoms with Gasteiger partial charge in [-0.25, -0.2) is 4.68 Å². The molecule has 0 aliphatic rings. The highest BCUT2D eigenvalue weighted by Crippen LogP contribution is 2.19. The number of amides is 1. The molecule has 0 aliphatic carbocycles. The van der Waals surface area contributed by atoms with Crippen LogP contribution in [0.4, 0.5) is 11.4 Å². The maximum atomic E-state index is 13.0. The molecule has 2 aromatic carbocycles. The first-order valence-corrected chi connectivity index (χ1v) is 8.76. The first-order valence-electron chi connectivity index (χ1n) is 8.76. The molecule has 1 aromatic heterocycles. The van der Waals surface area contributed by atoms with Gasteiger partial charge in [0.15, 0.2) is 0 Å². The van der Waals surface area contributed by atoms with E-state index in [2.05, 4.69) is 12.0 Å². The van der Waals surface area contributed by atoms with Crippen LogP contribution in [0.15, 0.2) is 67.0 Å². The van der Waals surface area contributed by atoms with Crippen molar-refractivity contribution in [3.63, 3.8) is 0 Å². The van der Waals surface area contributed by atoms with Crippen LogP contribution in [-0.2, 0) is 0 Å². The average molecular weight is 364 g/mol. The lowest BCUT2D eigenvalue weighted by Crippen LogP contribution is -2.31. The molecule has 3 aromatic rings. The molecule has 0 saturated carbocycles. The van der Waals surface area contributed by atoms with Gasteiger partial charge in [-0.05, 0) is 30.7 Å². The monoisotopic (exact) mass is 364 g/mol. The Hall–Kier alpha value is -3.48. The Morgan fingerprint density at radius 2 is 1.85 bits per heavy atom. The van der Waals surface area contributed by atoms with Crippen molar-refractivity contribution in [3.05, 3.63) is 82.7 Å². The van der Waals surface area contributed by atoms with Gasteiger partial charge in [0, 0.05) is 30.6 Å². The standard InChI is InChI=1S/C20H20N4O3/c1-2-3-13-22(17-7-5-4-6-8-17)20(25)16-14-21-23(15-16)18-9-11-19(12-10-18)24(26)27/h4-12,14-15H,2-3,13H2,1H3. The average Bonchev–Trinajstić information content (AvgIpc) is 3.19. The van der Waals surface area contributed by atoms with E-state index in [9.17, 15) is 14.9 Å². The zero-order valence-electron chi connectivity index (χ0n) is 15.0. The number of carbonyl (C=O) groups is 1. The Balaban J connectivity index is 1.84. The number of anilines is 1. The number of rotatable bonds is 7. The van der Waals surface area contributed by atoms with Crippen molar-refractivity contribution in [3.8, 4) is 5.69 Å². The van der Waals surface area contributed by atoms with Crippen molar-refractivity contribution in [2.24, 2.45) is 0 Å². The van der Waals surface area contributed by atoms with Gasteiger partial charge >= 0.3 is 0 Å². The molecule has 0 atom stereocenters. The fourth-order valence-corrected chi connectivity index (χ4v) is 2.73. The zero-order valence-corrected chi connectivity index (χ0v) is 15.0. The Bertz CT molecular complexity index is 920. The number of aromatic nitrogens is 2. The number of para-hydroxylation sites is 1. The highest BCUT2D eigenvalue weighted by Gasteiger charge is 2.19. The maximum absolute atomic E-state index is 13.0. The summed E-state index contributed by atoms with van der Waals surface area (Å²) in [5, 5.41) is 15.0. The molecule has 0 N–H and O–H groups in total. The van der Waals surface area contributed by atoms with Gasteiger partial charge in [0.2, 0.25) is 0 Å². The Kier molecular flexibility index (Phi) is 5.61. The number of carbonyl (C=O) groups excluding carboxylic acids is 1. The molecule has 1 amide bonds. The van der Waals surface area contributed by atoms with E-state index in [0.717, 1.165) is 18.5 Å². The van der Waals surface area contributed by atoms with Gasteiger partial charge in [0.1, 0.15) is 0 Å². The minimum absolute atomic E-state index is 0.0111. The van der Waals surface area contributed by atoms with Gasteiger partial charge < -0.3 is 4.90 Å². The van der Waals surface area contributed by atoms with Crippen molar-refractivity contribution < 1.29 is 9.72 Å². The van der Waals surface area contributed by atoms with Crippen LogP contribution in [0.2, 0.25) is 0 Å². The lowest BCUT2D eigenvalue weighted by Gasteiger charge is -2.22. The van der Waals surface area contributed by atoms with Crippen LogP contribution in [0, 0.1) is 10.1 Å². The van der Waals surface area contributed by atoms with Crippen LogP contribution >= 0.6 is 0 Å². The van der Waals surface area contributed by atoms with Gasteiger partial charge in [-0.3, -0.25) is 14.9 Å². The summed E-state index contributed by atoms with van der Waals surface area (Å²) in [6.45, 7) is 2.71. The summed E-state index contributed by atoms with van der Waals surface area (Å²) >= 11 is 0. The van der Waals surface area contributed by atoms with Crippen molar-refractivity contribution in [2.75, 3.05) is 11.4 Å². The molecule has 7 nitrogen and oxygen atoms in total. The van der Waals surface area contributed by atoms with E-state index >= 15 is 0 Å². The van der Waals surface area contributed by atoms with Crippen LogP contribution in [0.5, 0.6) is 0 Å². The number of nitro groups is 1. The summed E-state index contributed by atoms with van der Waals surface area (Å²) in [5.74, 6) is -0.122. The normalized spacial score (nSPS) is 10.6. The van der Waals surface area contributed by atoms with E-state index in [1.54, 1.807) is 27.9 Å². The van der Waals surface area contributed by atoms with Crippen LogP contribution in [0.3, 0.4) is 0 Å². The summed E-state index contributed by atoms with van der Waals surface area (Å²) in [6, 6.07) is 15.6. The SMILES string of the molecule is CCCCN(C(=O)c1cnn(-c2ccc([N+](=O)[O-])cc2)c1)c1ccccc1. The van der Waals surface area contributed by atoms with Gasteiger partial charge in [-0.15, -0.1) is 0 Å². The lowest BCUT2D eigenvalue weighted by atomic mass is 10.2. The third kappa shape index (κ3) is 4.20. The summed E-state index contributed by atoms with van der Waals surface area (Å²) in [5.41, 5.74) is 1.98. The van der Waals surface area contributed by atoms with Gasteiger partial charge in [-0.2, -0.15) is 5.10 Å². The number of unbranched alkanes of at least 4 members (excludes halogenated alkanes) is 1. The molecule has 0 radical (unpaired) electrons. The van der Waals surface area contributed by atoms with Crippen molar-refractivity contribution in [1.82, 2.24) is 9.78 Å². The van der Waals surface area contributed by atoms with Crippen molar-refractivity contribution in [1.29, 1.82) is 0 Å². The van der Waals surface area contributed by atoms with E-state index in [0.29, 0.717) is 17.8 Å². The zero-order chi connectivity index (χ0) is 19.2. The highest BCUT2D eigenvalue weighted by molar-refractivity contribution is 6.05. The third-order valence-electron chi connectivity index (χ3n) is 4.20. The third-order valence-corrected chi connectivity index (χ3v) is 4.20. The molecule has 0 fully saturated rings. The molecule has 7 heteroatoms. The molecule has 0 spiro atoms. The molecule has 0 saturated heterocycles. The molecule has 138 valence electrons. The highest BCUT2D eigenvalue weighted by atomic mass is 16.6. The lowest BCUT2D eigenvalue weighted by molar-refractivity contribution is -0.384. The minimum Gasteiger partial charge on any atom is -0.308 e. The van der Waals surface area contributed by atoms with E-state index in [-0.39, 0.29) is 11.6 Å². The predicted molar refractivity (Wildman–Crippen MR) is 103 cm³/mol. The number of non-ortho nitro benzene ring substituents is 1. The van der Waals surface area contributed by atoms with Crippen molar-refractivity contribution in [2.45, 2.75) is 19.8 Å². The fraction of sp³-hybridized carbons (Fsp3) is 0.200. The Labute approximate surface area is 157 Å². The molecule has 0 aliphatic heterocycles. The van der Waals surface area contributed by atoms with Gasteiger partial charge in [0.05, 0.1) is 22.4 Å². The molecule has 0 unspecified atom stereocenters. The smallest absolute Gasteiger partial charge is 0.269 e. The largest absolute Gasteiger partial charge is 0.308 e.